The lowest BCUT2D eigenvalue weighted by atomic mass is 9.76. The van der Waals surface area contributed by atoms with Crippen LogP contribution in [0.3, 0.4) is 0 Å². The van der Waals surface area contributed by atoms with E-state index in [2.05, 4.69) is 13.8 Å². The maximum absolute atomic E-state index is 13.0. The molecule has 0 aliphatic heterocycles. The minimum Gasteiger partial charge on any atom is -0.508 e. The second-order valence-electron chi connectivity index (χ2n) is 8.63. The van der Waals surface area contributed by atoms with E-state index in [0.29, 0.717) is 19.4 Å². The molecule has 0 fully saturated rings. The second kappa shape index (κ2) is 9.34. The molecule has 158 valence electrons. The highest BCUT2D eigenvalue weighted by Crippen LogP contribution is 2.35. The normalized spacial score (nSPS) is 13.0. The lowest BCUT2D eigenvalue weighted by Gasteiger charge is -2.32. The van der Waals surface area contributed by atoms with Crippen molar-refractivity contribution in [1.82, 2.24) is 0 Å². The van der Waals surface area contributed by atoms with Gasteiger partial charge in [0.2, 0.25) is 0 Å². The van der Waals surface area contributed by atoms with E-state index in [9.17, 15) is 9.90 Å². The number of carbonyl (C=O) groups excluding carboxylic acids is 1. The molecule has 0 aromatic heterocycles. The number of hydrogen-bond acceptors (Lipinski definition) is 4. The first-order valence-corrected chi connectivity index (χ1v) is 10.3. The molecule has 2 aromatic carbocycles. The van der Waals surface area contributed by atoms with Crippen LogP contribution in [0.1, 0.15) is 65.5 Å². The van der Waals surface area contributed by atoms with Crippen molar-refractivity contribution in [2.45, 2.75) is 65.4 Å². The first-order valence-electron chi connectivity index (χ1n) is 10.3. The fourth-order valence-corrected chi connectivity index (χ4v) is 3.56. The smallest absolute Gasteiger partial charge is 0.309 e. The predicted octanol–water partition coefficient (Wildman–Crippen LogP) is 5.96. The molecule has 2 rings (SSSR count). The van der Waals surface area contributed by atoms with Crippen LogP contribution in [-0.4, -0.2) is 17.7 Å². The van der Waals surface area contributed by atoms with Crippen molar-refractivity contribution in [3.63, 3.8) is 0 Å². The van der Waals surface area contributed by atoms with Crippen molar-refractivity contribution in [1.29, 1.82) is 0 Å². The Morgan fingerprint density at radius 3 is 2.24 bits per heavy atom. The largest absolute Gasteiger partial charge is 0.508 e. The van der Waals surface area contributed by atoms with Crippen LogP contribution in [0.15, 0.2) is 48.5 Å². The zero-order valence-electron chi connectivity index (χ0n) is 18.5. The van der Waals surface area contributed by atoms with Crippen LogP contribution in [0.25, 0.3) is 0 Å². The average molecular weight is 399 g/mol. The van der Waals surface area contributed by atoms with E-state index in [-0.39, 0.29) is 23.1 Å². The van der Waals surface area contributed by atoms with Crippen LogP contribution in [-0.2, 0) is 20.5 Å². The molecule has 0 amide bonds. The Balaban J connectivity index is 2.14. The molecule has 1 unspecified atom stereocenters. The van der Waals surface area contributed by atoms with E-state index in [1.165, 1.54) is 0 Å². The summed E-state index contributed by atoms with van der Waals surface area (Å²) < 4.78 is 11.6. The molecule has 0 bridgehead atoms. The van der Waals surface area contributed by atoms with Gasteiger partial charge in [0.05, 0.1) is 12.5 Å². The molecule has 0 radical (unpaired) electrons. The third kappa shape index (κ3) is 5.99. The average Bonchev–Trinajstić information content (AvgIpc) is 2.66. The van der Waals surface area contributed by atoms with Gasteiger partial charge in [0.15, 0.2) is 0 Å². The topological polar surface area (TPSA) is 55.8 Å². The highest BCUT2D eigenvalue weighted by atomic mass is 16.6. The van der Waals surface area contributed by atoms with Crippen molar-refractivity contribution < 1.29 is 19.4 Å². The van der Waals surface area contributed by atoms with Crippen LogP contribution in [0.2, 0.25) is 0 Å². The molecule has 0 spiro atoms. The van der Waals surface area contributed by atoms with Crippen molar-refractivity contribution >= 4 is 5.97 Å². The molecule has 2 aromatic rings. The number of esters is 1. The van der Waals surface area contributed by atoms with E-state index >= 15 is 0 Å². The van der Waals surface area contributed by atoms with Crippen molar-refractivity contribution in [3.8, 4) is 11.5 Å². The third-order valence-electron chi connectivity index (χ3n) is 5.43. The van der Waals surface area contributed by atoms with Crippen molar-refractivity contribution in [2.75, 3.05) is 6.61 Å². The fraction of sp³-hybridized carbons (Fsp3) is 0.480. The molecule has 4 heteroatoms. The Kier molecular flexibility index (Phi) is 7.34. The molecule has 0 aliphatic rings. The molecule has 4 nitrogen and oxygen atoms in total. The van der Waals surface area contributed by atoms with Gasteiger partial charge >= 0.3 is 5.97 Å². The zero-order valence-corrected chi connectivity index (χ0v) is 18.5. The molecule has 1 N–H and O–H groups in total. The van der Waals surface area contributed by atoms with Gasteiger partial charge in [-0.25, -0.2) is 0 Å². The summed E-state index contributed by atoms with van der Waals surface area (Å²) in [5.41, 5.74) is 1.03. The first kappa shape index (κ1) is 22.8. The van der Waals surface area contributed by atoms with E-state index in [4.69, 9.17) is 9.47 Å². The van der Waals surface area contributed by atoms with E-state index < -0.39 is 5.60 Å². The highest BCUT2D eigenvalue weighted by molar-refractivity contribution is 5.73. The number of benzene rings is 2. The van der Waals surface area contributed by atoms with Gasteiger partial charge in [-0.2, -0.15) is 0 Å². The van der Waals surface area contributed by atoms with Gasteiger partial charge in [0.25, 0.3) is 0 Å². The fourth-order valence-electron chi connectivity index (χ4n) is 3.56. The summed E-state index contributed by atoms with van der Waals surface area (Å²) in [6, 6.07) is 14.9. The molecule has 0 heterocycles. The summed E-state index contributed by atoms with van der Waals surface area (Å²) in [5, 5.41) is 9.54. The SMILES string of the molecule is CCOc1cccc(C(C)(C)OC(=O)C(CC)CC(C)(C)c2ccc(O)cc2)c1. The standard InChI is InChI=1S/C25H34O4/c1-7-18(17-24(3,4)19-12-14-21(26)15-13-19)23(27)29-25(5,6)20-10-9-11-22(16-20)28-8-2/h9-16,18,26H,7-8,17H2,1-6H3. The lowest BCUT2D eigenvalue weighted by molar-refractivity contribution is -0.163. The molecule has 0 saturated carbocycles. The highest BCUT2D eigenvalue weighted by Gasteiger charge is 2.33. The monoisotopic (exact) mass is 398 g/mol. The summed E-state index contributed by atoms with van der Waals surface area (Å²) in [4.78, 5) is 13.0. The van der Waals surface area contributed by atoms with Gasteiger partial charge in [-0.1, -0.05) is 45.0 Å². The Labute approximate surface area is 174 Å². The van der Waals surface area contributed by atoms with Crippen molar-refractivity contribution in [3.05, 3.63) is 59.7 Å². The molecule has 0 saturated heterocycles. The van der Waals surface area contributed by atoms with Gasteiger partial charge in [-0.3, -0.25) is 4.79 Å². The van der Waals surface area contributed by atoms with E-state index in [1.54, 1.807) is 12.1 Å². The van der Waals surface area contributed by atoms with Gasteiger partial charge in [0, 0.05) is 0 Å². The molecular formula is C25H34O4. The minimum absolute atomic E-state index is 0.189. The second-order valence-corrected chi connectivity index (χ2v) is 8.63. The molecular weight excluding hydrogens is 364 g/mol. The van der Waals surface area contributed by atoms with Gasteiger partial charge < -0.3 is 14.6 Å². The van der Waals surface area contributed by atoms with Crippen LogP contribution in [0.5, 0.6) is 11.5 Å². The van der Waals surface area contributed by atoms with Gasteiger partial charge in [-0.05, 0) is 74.4 Å². The lowest BCUT2D eigenvalue weighted by Crippen LogP contribution is -2.32. The van der Waals surface area contributed by atoms with Crippen LogP contribution in [0.4, 0.5) is 0 Å². The summed E-state index contributed by atoms with van der Waals surface area (Å²) >= 11 is 0. The Bertz CT molecular complexity index is 806. The number of aromatic hydroxyl groups is 1. The summed E-state index contributed by atoms with van der Waals surface area (Å²) in [7, 11) is 0. The number of carbonyl (C=O) groups is 1. The van der Waals surface area contributed by atoms with Gasteiger partial charge in [-0.15, -0.1) is 0 Å². The summed E-state index contributed by atoms with van der Waals surface area (Å²) in [5.74, 6) is 0.612. The predicted molar refractivity (Wildman–Crippen MR) is 116 cm³/mol. The quantitative estimate of drug-likeness (QED) is 0.529. The first-order chi connectivity index (χ1) is 13.6. The van der Waals surface area contributed by atoms with Gasteiger partial charge in [0.1, 0.15) is 17.1 Å². The van der Waals surface area contributed by atoms with Crippen LogP contribution >= 0.6 is 0 Å². The molecule has 1 atom stereocenters. The number of phenolic OH excluding ortho intramolecular Hbond substituents is 1. The maximum Gasteiger partial charge on any atom is 0.309 e. The number of phenols is 1. The zero-order chi connectivity index (χ0) is 21.7. The number of hydrogen-bond donors (Lipinski definition) is 1. The maximum atomic E-state index is 13.0. The summed E-state index contributed by atoms with van der Waals surface area (Å²) in [6.45, 7) is 12.6. The summed E-state index contributed by atoms with van der Waals surface area (Å²) in [6.07, 6.45) is 1.37. The number of ether oxygens (including phenoxy) is 2. The molecule has 0 aliphatic carbocycles. The van der Waals surface area contributed by atoms with Crippen molar-refractivity contribution in [2.24, 2.45) is 5.92 Å². The Morgan fingerprint density at radius 2 is 1.66 bits per heavy atom. The van der Waals surface area contributed by atoms with E-state index in [1.807, 2.05) is 64.1 Å². The molecule has 29 heavy (non-hydrogen) atoms. The number of rotatable bonds is 9. The Hall–Kier alpha value is -2.49. The third-order valence-corrected chi connectivity index (χ3v) is 5.43. The van der Waals surface area contributed by atoms with Crippen LogP contribution in [0, 0.1) is 5.92 Å². The van der Waals surface area contributed by atoms with E-state index in [0.717, 1.165) is 16.9 Å². The minimum atomic E-state index is -0.750. The Morgan fingerprint density at radius 1 is 1.00 bits per heavy atom. The van der Waals surface area contributed by atoms with Crippen LogP contribution < -0.4 is 4.74 Å².